The van der Waals surface area contributed by atoms with Gasteiger partial charge in [0, 0.05) is 19.5 Å². The highest BCUT2D eigenvalue weighted by Gasteiger charge is 2.29. The summed E-state index contributed by atoms with van der Waals surface area (Å²) in [6.07, 6.45) is 6.90. The van der Waals surface area contributed by atoms with Gasteiger partial charge in [0.2, 0.25) is 0 Å². The number of carboxylic acids is 1. The molecular formula is C15H17NO2. The fourth-order valence-electron chi connectivity index (χ4n) is 2.47. The summed E-state index contributed by atoms with van der Waals surface area (Å²) in [6.45, 7) is 2.27. The van der Waals surface area contributed by atoms with Crippen LogP contribution in [0.15, 0.2) is 24.3 Å². The molecule has 0 bridgehead atoms. The number of rotatable bonds is 4. The van der Waals surface area contributed by atoms with Gasteiger partial charge in [-0.2, -0.15) is 0 Å². The van der Waals surface area contributed by atoms with Crippen molar-refractivity contribution in [3.63, 3.8) is 0 Å². The molecule has 1 unspecified atom stereocenters. The third kappa shape index (κ3) is 2.72. The summed E-state index contributed by atoms with van der Waals surface area (Å²) in [5.41, 5.74) is 2.08. The molecule has 1 N–H and O–H groups in total. The Morgan fingerprint density at radius 3 is 3.00 bits per heavy atom. The van der Waals surface area contributed by atoms with Crippen LogP contribution in [0.4, 0.5) is 0 Å². The number of hydrogen-bond donors (Lipinski definition) is 1. The number of terminal acetylenes is 1. The second-order valence-electron chi connectivity index (χ2n) is 4.63. The average molecular weight is 243 g/mol. The summed E-state index contributed by atoms with van der Waals surface area (Å²) < 4.78 is 0. The lowest BCUT2D eigenvalue weighted by atomic mass is 9.90. The molecule has 0 saturated heterocycles. The van der Waals surface area contributed by atoms with Crippen molar-refractivity contribution in [2.75, 3.05) is 13.1 Å². The molecule has 3 heteroatoms. The Morgan fingerprint density at radius 1 is 1.50 bits per heavy atom. The maximum Gasteiger partial charge on any atom is 0.312 e. The van der Waals surface area contributed by atoms with E-state index >= 15 is 0 Å². The monoisotopic (exact) mass is 243 g/mol. The van der Waals surface area contributed by atoms with Crippen LogP contribution in [0.25, 0.3) is 0 Å². The first-order valence-corrected chi connectivity index (χ1v) is 6.19. The Bertz CT molecular complexity index is 476. The van der Waals surface area contributed by atoms with Gasteiger partial charge < -0.3 is 5.11 Å². The van der Waals surface area contributed by atoms with Crippen LogP contribution in [-0.2, 0) is 11.3 Å². The van der Waals surface area contributed by atoms with Crippen molar-refractivity contribution in [1.82, 2.24) is 4.90 Å². The minimum Gasteiger partial charge on any atom is -0.481 e. The van der Waals surface area contributed by atoms with Gasteiger partial charge >= 0.3 is 5.97 Å². The molecule has 1 atom stereocenters. The first kappa shape index (κ1) is 12.7. The Hall–Kier alpha value is -1.79. The molecule has 1 aliphatic rings. The number of fused-ring (bicyclic) bond motifs is 1. The van der Waals surface area contributed by atoms with Gasteiger partial charge in [0.25, 0.3) is 0 Å². The van der Waals surface area contributed by atoms with Gasteiger partial charge in [-0.05, 0) is 24.1 Å². The van der Waals surface area contributed by atoms with Crippen molar-refractivity contribution in [3.8, 4) is 12.3 Å². The molecule has 0 aliphatic carbocycles. The van der Waals surface area contributed by atoms with E-state index in [-0.39, 0.29) is 0 Å². The second-order valence-corrected chi connectivity index (χ2v) is 4.63. The summed E-state index contributed by atoms with van der Waals surface area (Å²) in [7, 11) is 0. The maximum absolute atomic E-state index is 11.3. The van der Waals surface area contributed by atoms with Crippen LogP contribution in [0.2, 0.25) is 0 Å². The van der Waals surface area contributed by atoms with Gasteiger partial charge in [-0.1, -0.05) is 24.3 Å². The largest absolute Gasteiger partial charge is 0.481 e. The Labute approximate surface area is 107 Å². The van der Waals surface area contributed by atoms with Gasteiger partial charge in [0.1, 0.15) is 0 Å². The lowest BCUT2D eigenvalue weighted by molar-refractivity contribution is -0.139. The van der Waals surface area contributed by atoms with Crippen LogP contribution in [0.1, 0.15) is 29.9 Å². The standard InChI is InChI=1S/C15H17NO2/c1-2-3-6-9-16-10-12-7-4-5-8-13(12)14(11-16)15(17)18/h1,4-5,7-8,14H,3,6,9-11H2,(H,17,18). The van der Waals surface area contributed by atoms with E-state index < -0.39 is 11.9 Å². The zero-order valence-corrected chi connectivity index (χ0v) is 10.3. The van der Waals surface area contributed by atoms with Crippen LogP contribution in [0.3, 0.4) is 0 Å². The zero-order chi connectivity index (χ0) is 13.0. The van der Waals surface area contributed by atoms with Gasteiger partial charge in [0.05, 0.1) is 5.92 Å². The van der Waals surface area contributed by atoms with Crippen LogP contribution in [0.5, 0.6) is 0 Å². The third-order valence-electron chi connectivity index (χ3n) is 3.36. The van der Waals surface area contributed by atoms with Crippen LogP contribution >= 0.6 is 0 Å². The molecule has 18 heavy (non-hydrogen) atoms. The minimum absolute atomic E-state index is 0.416. The quantitative estimate of drug-likeness (QED) is 0.650. The number of hydrogen-bond acceptors (Lipinski definition) is 2. The van der Waals surface area contributed by atoms with E-state index in [1.807, 2.05) is 24.3 Å². The van der Waals surface area contributed by atoms with E-state index in [1.54, 1.807) is 0 Å². The molecule has 1 heterocycles. The van der Waals surface area contributed by atoms with Crippen molar-refractivity contribution in [2.45, 2.75) is 25.3 Å². The Balaban J connectivity index is 2.13. The lowest BCUT2D eigenvalue weighted by Crippen LogP contribution is -2.37. The summed E-state index contributed by atoms with van der Waals surface area (Å²) >= 11 is 0. The summed E-state index contributed by atoms with van der Waals surface area (Å²) in [4.78, 5) is 13.5. The topological polar surface area (TPSA) is 40.5 Å². The van der Waals surface area contributed by atoms with Gasteiger partial charge in [0.15, 0.2) is 0 Å². The van der Waals surface area contributed by atoms with E-state index in [4.69, 9.17) is 6.42 Å². The van der Waals surface area contributed by atoms with Gasteiger partial charge in [-0.15, -0.1) is 12.3 Å². The summed E-state index contributed by atoms with van der Waals surface area (Å²) in [6, 6.07) is 7.80. The van der Waals surface area contributed by atoms with E-state index in [1.165, 1.54) is 0 Å². The second kappa shape index (κ2) is 5.70. The molecule has 0 aromatic heterocycles. The summed E-state index contributed by atoms with van der Waals surface area (Å²) in [5.74, 6) is 1.46. The predicted molar refractivity (Wildman–Crippen MR) is 70.2 cm³/mol. The Kier molecular flexibility index (Phi) is 4.01. The van der Waals surface area contributed by atoms with Gasteiger partial charge in [-0.25, -0.2) is 0 Å². The minimum atomic E-state index is -0.746. The highest BCUT2D eigenvalue weighted by molar-refractivity contribution is 5.77. The van der Waals surface area contributed by atoms with E-state index in [0.29, 0.717) is 6.54 Å². The molecule has 0 fully saturated rings. The van der Waals surface area contributed by atoms with Crippen molar-refractivity contribution in [3.05, 3.63) is 35.4 Å². The van der Waals surface area contributed by atoms with Crippen molar-refractivity contribution < 1.29 is 9.90 Å². The van der Waals surface area contributed by atoms with E-state index in [9.17, 15) is 9.90 Å². The van der Waals surface area contributed by atoms with Crippen molar-refractivity contribution in [2.24, 2.45) is 0 Å². The van der Waals surface area contributed by atoms with Crippen LogP contribution in [-0.4, -0.2) is 29.1 Å². The molecule has 2 rings (SSSR count). The highest BCUT2D eigenvalue weighted by Crippen LogP contribution is 2.28. The molecule has 0 spiro atoms. The molecular weight excluding hydrogens is 226 g/mol. The fraction of sp³-hybridized carbons (Fsp3) is 0.400. The first-order chi connectivity index (χ1) is 8.72. The maximum atomic E-state index is 11.3. The molecule has 0 saturated carbocycles. The Morgan fingerprint density at radius 2 is 2.28 bits per heavy atom. The SMILES string of the molecule is C#CCCCN1Cc2ccccc2C(C(=O)O)C1. The number of benzene rings is 1. The predicted octanol–water partition coefficient (Wildman–Crippen LogP) is 2.08. The summed E-state index contributed by atoms with van der Waals surface area (Å²) in [5, 5.41) is 9.32. The number of carboxylic acid groups (broad SMARTS) is 1. The fourth-order valence-corrected chi connectivity index (χ4v) is 2.47. The lowest BCUT2D eigenvalue weighted by Gasteiger charge is -2.32. The van der Waals surface area contributed by atoms with Gasteiger partial charge in [-0.3, -0.25) is 9.69 Å². The zero-order valence-electron chi connectivity index (χ0n) is 10.3. The number of nitrogens with zero attached hydrogens (tertiary/aromatic N) is 1. The van der Waals surface area contributed by atoms with E-state index in [0.717, 1.165) is 37.1 Å². The highest BCUT2D eigenvalue weighted by atomic mass is 16.4. The van der Waals surface area contributed by atoms with Crippen LogP contribution < -0.4 is 0 Å². The smallest absolute Gasteiger partial charge is 0.312 e. The molecule has 1 aromatic carbocycles. The van der Waals surface area contributed by atoms with Crippen molar-refractivity contribution in [1.29, 1.82) is 0 Å². The molecule has 0 radical (unpaired) electrons. The molecule has 1 aliphatic heterocycles. The first-order valence-electron chi connectivity index (χ1n) is 6.19. The van der Waals surface area contributed by atoms with Crippen molar-refractivity contribution >= 4 is 5.97 Å². The van der Waals surface area contributed by atoms with E-state index in [2.05, 4.69) is 10.8 Å². The van der Waals surface area contributed by atoms with Crippen LogP contribution in [0, 0.1) is 12.3 Å². The molecule has 0 amide bonds. The number of carbonyl (C=O) groups is 1. The number of aliphatic carboxylic acids is 1. The molecule has 1 aromatic rings. The molecule has 3 nitrogen and oxygen atoms in total. The number of unbranched alkanes of at least 4 members (excludes halogenated alkanes) is 1. The molecule has 94 valence electrons. The third-order valence-corrected chi connectivity index (χ3v) is 3.36. The average Bonchev–Trinajstić information content (AvgIpc) is 2.38. The normalized spacial score (nSPS) is 18.9.